The topological polar surface area (TPSA) is 147 Å². The van der Waals surface area contributed by atoms with Gasteiger partial charge in [0.05, 0.1) is 31.0 Å². The Balaban J connectivity index is 1.38. The van der Waals surface area contributed by atoms with Crippen molar-refractivity contribution >= 4 is 52.8 Å². The number of carbonyl (C=O) groups is 5. The Morgan fingerprint density at radius 2 is 1.88 bits per heavy atom. The van der Waals surface area contributed by atoms with Crippen LogP contribution in [-0.4, -0.2) is 66.7 Å². The van der Waals surface area contributed by atoms with E-state index in [1.54, 1.807) is 56.8 Å². The van der Waals surface area contributed by atoms with Gasteiger partial charge in [-0.1, -0.05) is 6.07 Å². The van der Waals surface area contributed by atoms with Crippen LogP contribution in [0.25, 0.3) is 6.08 Å². The third-order valence-electron chi connectivity index (χ3n) is 7.31. The van der Waals surface area contributed by atoms with Gasteiger partial charge in [-0.05, 0) is 55.3 Å². The molecule has 220 valence electrons. The van der Waals surface area contributed by atoms with Crippen LogP contribution in [0, 0.1) is 6.92 Å². The number of carbonyl (C=O) groups excluding carboxylic acids is 5. The summed E-state index contributed by atoms with van der Waals surface area (Å²) in [5, 5.41) is 5.42. The largest absolute Gasteiger partial charge is 0.493 e. The average molecular weight is 584 g/mol. The predicted octanol–water partition coefficient (Wildman–Crippen LogP) is 3.23. The minimum Gasteiger partial charge on any atom is -0.493 e. The fourth-order valence-corrected chi connectivity index (χ4v) is 5.19. The van der Waals surface area contributed by atoms with Gasteiger partial charge in [-0.15, -0.1) is 0 Å². The van der Waals surface area contributed by atoms with Crippen molar-refractivity contribution in [2.75, 3.05) is 31.5 Å². The Kier molecular flexibility index (Phi) is 7.93. The van der Waals surface area contributed by atoms with Gasteiger partial charge in [0.15, 0.2) is 11.5 Å². The lowest BCUT2D eigenvalue weighted by molar-refractivity contribution is -0.136. The van der Waals surface area contributed by atoms with E-state index in [2.05, 4.69) is 15.6 Å². The highest BCUT2D eigenvalue weighted by molar-refractivity contribution is 6.26. The molecule has 43 heavy (non-hydrogen) atoms. The maximum atomic E-state index is 13.4. The molecule has 1 saturated heterocycles. The van der Waals surface area contributed by atoms with Gasteiger partial charge >= 0.3 is 0 Å². The first-order chi connectivity index (χ1) is 20.6. The van der Waals surface area contributed by atoms with E-state index in [-0.39, 0.29) is 29.7 Å². The lowest BCUT2D eigenvalue weighted by Crippen LogP contribution is -2.54. The number of pyridine rings is 1. The van der Waals surface area contributed by atoms with Gasteiger partial charge < -0.3 is 19.7 Å². The Morgan fingerprint density at radius 3 is 2.60 bits per heavy atom. The standard InChI is InChI=1S/C31H29N5O7/c1-17-15-19(16-23(42-3)27(17)43-4)33-28-18(7-6-14-32-28)10-13-25(38)35(2)21-9-5-8-20-26(21)31(41)36(30(20)40)22-11-12-24(37)34-29(22)39/h5-10,13-16,22H,11-12H2,1-4H3,(H,32,33)(H,34,37,39)/b13-10+. The second-order valence-electron chi connectivity index (χ2n) is 9.97. The highest BCUT2D eigenvalue weighted by Crippen LogP contribution is 2.36. The van der Waals surface area contributed by atoms with Crippen LogP contribution in [0.1, 0.15) is 44.7 Å². The summed E-state index contributed by atoms with van der Waals surface area (Å²) in [7, 11) is 4.61. The van der Waals surface area contributed by atoms with Crippen molar-refractivity contribution in [2.24, 2.45) is 0 Å². The first-order valence-electron chi connectivity index (χ1n) is 13.4. The molecule has 2 aliphatic heterocycles. The van der Waals surface area contributed by atoms with Crippen molar-refractivity contribution in [2.45, 2.75) is 25.8 Å². The molecule has 5 rings (SSSR count). The summed E-state index contributed by atoms with van der Waals surface area (Å²) in [4.78, 5) is 70.5. The molecule has 1 atom stereocenters. The van der Waals surface area contributed by atoms with Crippen LogP contribution in [-0.2, 0) is 14.4 Å². The molecule has 1 aromatic heterocycles. The minimum absolute atomic E-state index is 0.0106. The minimum atomic E-state index is -1.11. The average Bonchev–Trinajstić information content (AvgIpc) is 3.25. The quantitative estimate of drug-likeness (QED) is 0.301. The van der Waals surface area contributed by atoms with Crippen LogP contribution in [0.15, 0.2) is 54.7 Å². The molecule has 12 heteroatoms. The summed E-state index contributed by atoms with van der Waals surface area (Å²) in [6, 6.07) is 10.7. The van der Waals surface area contributed by atoms with Crippen LogP contribution < -0.4 is 25.0 Å². The number of methoxy groups -OCH3 is 2. The molecule has 2 N–H and O–H groups in total. The number of anilines is 3. The zero-order chi connectivity index (χ0) is 30.8. The van der Waals surface area contributed by atoms with E-state index in [0.29, 0.717) is 28.6 Å². The molecular weight excluding hydrogens is 554 g/mol. The van der Waals surface area contributed by atoms with Crippen molar-refractivity contribution in [1.82, 2.24) is 15.2 Å². The summed E-state index contributed by atoms with van der Waals surface area (Å²) in [6.45, 7) is 1.89. The van der Waals surface area contributed by atoms with Crippen LogP contribution in [0.5, 0.6) is 11.5 Å². The van der Waals surface area contributed by atoms with Crippen LogP contribution in [0.2, 0.25) is 0 Å². The predicted molar refractivity (Wildman–Crippen MR) is 157 cm³/mol. The number of likely N-dealkylation sites (N-methyl/N-ethyl adjacent to an activating group) is 1. The highest BCUT2D eigenvalue weighted by Gasteiger charge is 2.46. The van der Waals surface area contributed by atoms with Crippen molar-refractivity contribution in [3.63, 3.8) is 0 Å². The molecule has 5 amide bonds. The van der Waals surface area contributed by atoms with E-state index in [9.17, 15) is 24.0 Å². The smallest absolute Gasteiger partial charge is 0.264 e. The number of hydrogen-bond acceptors (Lipinski definition) is 9. The number of benzene rings is 2. The van der Waals surface area contributed by atoms with E-state index >= 15 is 0 Å². The molecular formula is C31H29N5O7. The summed E-state index contributed by atoms with van der Waals surface area (Å²) >= 11 is 0. The van der Waals surface area contributed by atoms with Gasteiger partial charge in [0.1, 0.15) is 11.9 Å². The van der Waals surface area contributed by atoms with Gasteiger partial charge in [0, 0.05) is 43.1 Å². The van der Waals surface area contributed by atoms with Crippen LogP contribution in [0.3, 0.4) is 0 Å². The number of amides is 5. The first-order valence-corrected chi connectivity index (χ1v) is 13.4. The second kappa shape index (κ2) is 11.8. The number of imide groups is 2. The lowest BCUT2D eigenvalue weighted by Gasteiger charge is -2.28. The Labute approximate surface area is 247 Å². The van der Waals surface area contributed by atoms with Crippen molar-refractivity contribution in [1.29, 1.82) is 0 Å². The number of aryl methyl sites for hydroxylation is 1. The Hall–Kier alpha value is -5.52. The lowest BCUT2D eigenvalue weighted by atomic mass is 10.0. The van der Waals surface area contributed by atoms with Crippen molar-refractivity contribution < 1.29 is 33.4 Å². The van der Waals surface area contributed by atoms with Crippen LogP contribution in [0.4, 0.5) is 17.2 Å². The monoisotopic (exact) mass is 583 g/mol. The molecule has 2 aromatic carbocycles. The van der Waals surface area contributed by atoms with E-state index in [1.165, 1.54) is 24.1 Å². The van der Waals surface area contributed by atoms with E-state index in [1.807, 2.05) is 13.0 Å². The summed E-state index contributed by atoms with van der Waals surface area (Å²) in [5.41, 5.74) is 2.49. The molecule has 12 nitrogen and oxygen atoms in total. The molecule has 3 aromatic rings. The number of fused-ring (bicyclic) bond motifs is 1. The fourth-order valence-electron chi connectivity index (χ4n) is 5.19. The SMILES string of the molecule is COc1cc(Nc2ncccc2/C=C/C(=O)N(C)c2cccc3c2C(=O)N(C2CCC(=O)NC2=O)C3=O)cc(C)c1OC. The maximum Gasteiger partial charge on any atom is 0.264 e. The van der Waals surface area contributed by atoms with Crippen molar-refractivity contribution in [3.8, 4) is 11.5 Å². The number of rotatable bonds is 8. The zero-order valence-corrected chi connectivity index (χ0v) is 24.0. The number of aromatic nitrogens is 1. The molecule has 1 unspecified atom stereocenters. The third-order valence-corrected chi connectivity index (χ3v) is 7.31. The van der Waals surface area contributed by atoms with Crippen molar-refractivity contribution in [3.05, 3.63) is 77.0 Å². The number of ether oxygens (including phenoxy) is 2. The molecule has 0 saturated carbocycles. The number of nitrogens with zero attached hydrogens (tertiary/aromatic N) is 3. The Morgan fingerprint density at radius 1 is 1.09 bits per heavy atom. The molecule has 3 heterocycles. The highest BCUT2D eigenvalue weighted by atomic mass is 16.5. The maximum absolute atomic E-state index is 13.4. The summed E-state index contributed by atoms with van der Waals surface area (Å²) in [5.74, 6) is -1.32. The molecule has 2 aliphatic rings. The number of hydrogen-bond donors (Lipinski definition) is 2. The summed E-state index contributed by atoms with van der Waals surface area (Å²) in [6.07, 6.45) is 4.59. The van der Waals surface area contributed by atoms with E-state index < -0.39 is 35.6 Å². The number of piperidine rings is 1. The van der Waals surface area contributed by atoms with Gasteiger partial charge in [-0.25, -0.2) is 4.98 Å². The normalized spacial score (nSPS) is 16.3. The summed E-state index contributed by atoms with van der Waals surface area (Å²) < 4.78 is 10.8. The molecule has 0 radical (unpaired) electrons. The second-order valence-corrected chi connectivity index (χ2v) is 9.97. The first kappa shape index (κ1) is 29.0. The number of nitrogens with one attached hydrogen (secondary N) is 2. The van der Waals surface area contributed by atoms with Crippen LogP contribution >= 0.6 is 0 Å². The molecule has 0 spiro atoms. The van der Waals surface area contributed by atoms with E-state index in [0.717, 1.165) is 10.5 Å². The van der Waals surface area contributed by atoms with Gasteiger partial charge in [0.2, 0.25) is 11.8 Å². The van der Waals surface area contributed by atoms with Gasteiger partial charge in [-0.3, -0.25) is 34.2 Å². The van der Waals surface area contributed by atoms with E-state index in [4.69, 9.17) is 9.47 Å². The molecule has 1 fully saturated rings. The third kappa shape index (κ3) is 5.42. The zero-order valence-electron chi connectivity index (χ0n) is 24.0. The van der Waals surface area contributed by atoms with Gasteiger partial charge in [0.25, 0.3) is 17.7 Å². The molecule has 0 aliphatic carbocycles. The Bertz CT molecular complexity index is 1700. The van der Waals surface area contributed by atoms with Gasteiger partial charge in [-0.2, -0.15) is 0 Å². The fraction of sp³-hybridized carbons (Fsp3) is 0.226. The molecule has 0 bridgehead atoms.